The van der Waals surface area contributed by atoms with Crippen LogP contribution in [0.5, 0.6) is 0 Å². The molecule has 3 unspecified atom stereocenters. The Hall–Kier alpha value is -1.31. The maximum absolute atomic E-state index is 11.6. The Morgan fingerprint density at radius 2 is 1.74 bits per heavy atom. The second kappa shape index (κ2) is 7.32. The molecule has 0 spiro atoms. The summed E-state index contributed by atoms with van der Waals surface area (Å²) in [6.45, 7) is 5.09. The molecular formula is C11H22N2O5S. The Balaban J connectivity index is 4.47. The van der Waals surface area contributed by atoms with Crippen LogP contribution in [0, 0.1) is 5.92 Å². The van der Waals surface area contributed by atoms with Crippen molar-refractivity contribution in [3.8, 4) is 0 Å². The number of amides is 2. The van der Waals surface area contributed by atoms with Gasteiger partial charge in [0.25, 0.3) is 0 Å². The molecule has 0 aromatic heterocycles. The Morgan fingerprint density at radius 1 is 1.21 bits per heavy atom. The van der Waals surface area contributed by atoms with Crippen molar-refractivity contribution in [3.63, 3.8) is 0 Å². The molecule has 7 nitrogen and oxygen atoms in total. The zero-order chi connectivity index (χ0) is 15.2. The van der Waals surface area contributed by atoms with Crippen molar-refractivity contribution >= 4 is 21.8 Å². The van der Waals surface area contributed by atoms with Crippen molar-refractivity contribution < 1.29 is 23.1 Å². The highest BCUT2D eigenvalue weighted by atomic mass is 32.2. The number of nitrogens with one attached hydrogen (secondary N) is 2. The van der Waals surface area contributed by atoms with Crippen LogP contribution < -0.4 is 10.6 Å². The first-order valence-electron chi connectivity index (χ1n) is 6.04. The lowest BCUT2D eigenvalue weighted by Gasteiger charge is -2.21. The van der Waals surface area contributed by atoms with Crippen LogP contribution in [0.4, 0.5) is 4.79 Å². The lowest BCUT2D eigenvalue weighted by molar-refractivity contribution is -0.140. The molecule has 0 radical (unpaired) electrons. The Kier molecular flexibility index (Phi) is 6.82. The van der Waals surface area contributed by atoms with Gasteiger partial charge in [-0.3, -0.25) is 0 Å². The van der Waals surface area contributed by atoms with E-state index in [1.165, 1.54) is 0 Å². The summed E-state index contributed by atoms with van der Waals surface area (Å²) < 4.78 is 22.1. The molecule has 8 heteroatoms. The lowest BCUT2D eigenvalue weighted by Crippen LogP contribution is -2.51. The summed E-state index contributed by atoms with van der Waals surface area (Å²) in [5.74, 6) is -1.52. The quantitative estimate of drug-likeness (QED) is 0.621. The molecule has 0 bridgehead atoms. The fourth-order valence-electron chi connectivity index (χ4n) is 1.59. The fraction of sp³-hybridized carbons (Fsp3) is 0.818. The highest BCUT2D eigenvalue weighted by Gasteiger charge is 2.25. The molecule has 0 aliphatic rings. The van der Waals surface area contributed by atoms with E-state index in [4.69, 9.17) is 5.11 Å². The number of carboxylic acid groups (broad SMARTS) is 1. The summed E-state index contributed by atoms with van der Waals surface area (Å²) in [6, 6.07) is -2.25. The zero-order valence-corrected chi connectivity index (χ0v) is 12.5. The van der Waals surface area contributed by atoms with Crippen molar-refractivity contribution in [3.05, 3.63) is 0 Å². The molecular weight excluding hydrogens is 272 g/mol. The van der Waals surface area contributed by atoms with Gasteiger partial charge >= 0.3 is 12.0 Å². The maximum Gasteiger partial charge on any atom is 0.326 e. The van der Waals surface area contributed by atoms with Gasteiger partial charge in [0.05, 0.1) is 5.75 Å². The average molecular weight is 294 g/mol. The summed E-state index contributed by atoms with van der Waals surface area (Å²) in [7, 11) is -3.19. The third-order valence-electron chi connectivity index (χ3n) is 2.70. The van der Waals surface area contributed by atoms with Gasteiger partial charge < -0.3 is 15.7 Å². The van der Waals surface area contributed by atoms with Gasteiger partial charge in [-0.1, -0.05) is 20.3 Å². The number of carboxylic acids is 1. The van der Waals surface area contributed by atoms with Crippen LogP contribution in [0.15, 0.2) is 0 Å². The van der Waals surface area contributed by atoms with Gasteiger partial charge in [0.1, 0.15) is 15.9 Å². The second-order valence-electron chi connectivity index (χ2n) is 4.81. The molecule has 0 heterocycles. The number of hydrogen-bond acceptors (Lipinski definition) is 4. The number of rotatable bonds is 7. The van der Waals surface area contributed by atoms with Crippen LogP contribution in [0.2, 0.25) is 0 Å². The molecule has 0 aromatic carbocycles. The largest absolute Gasteiger partial charge is 0.480 e. The summed E-state index contributed by atoms with van der Waals surface area (Å²) in [6.07, 6.45) is 1.68. The van der Waals surface area contributed by atoms with E-state index in [0.717, 1.165) is 6.26 Å². The molecule has 3 N–H and O–H groups in total. The minimum absolute atomic E-state index is 0.193. The molecule has 2 amide bonds. The highest BCUT2D eigenvalue weighted by Crippen LogP contribution is 2.07. The number of urea groups is 1. The summed E-state index contributed by atoms with van der Waals surface area (Å²) >= 11 is 0. The van der Waals surface area contributed by atoms with E-state index in [2.05, 4.69) is 10.6 Å². The van der Waals surface area contributed by atoms with Crippen molar-refractivity contribution in [1.82, 2.24) is 10.6 Å². The molecule has 0 aliphatic carbocycles. The molecule has 0 aliphatic heterocycles. The second-order valence-corrected chi connectivity index (χ2v) is 7.00. The summed E-state index contributed by atoms with van der Waals surface area (Å²) in [5.41, 5.74) is 0. The third-order valence-corrected chi connectivity index (χ3v) is 3.80. The minimum atomic E-state index is -3.19. The maximum atomic E-state index is 11.6. The van der Waals surface area contributed by atoms with Crippen molar-refractivity contribution in [2.45, 2.75) is 39.3 Å². The molecule has 0 aromatic rings. The van der Waals surface area contributed by atoms with Crippen LogP contribution in [0.25, 0.3) is 0 Å². The van der Waals surface area contributed by atoms with E-state index >= 15 is 0 Å². The number of carbonyl (C=O) groups excluding carboxylic acids is 1. The lowest BCUT2D eigenvalue weighted by atomic mass is 9.99. The average Bonchev–Trinajstić information content (AvgIpc) is 2.21. The van der Waals surface area contributed by atoms with Gasteiger partial charge in [0.15, 0.2) is 0 Å². The van der Waals surface area contributed by atoms with Crippen LogP contribution >= 0.6 is 0 Å². The van der Waals surface area contributed by atoms with E-state index in [1.807, 2.05) is 6.92 Å². The molecule has 0 saturated heterocycles. The van der Waals surface area contributed by atoms with Gasteiger partial charge in [0, 0.05) is 12.3 Å². The van der Waals surface area contributed by atoms with E-state index in [0.29, 0.717) is 6.42 Å². The smallest absolute Gasteiger partial charge is 0.326 e. The first-order valence-corrected chi connectivity index (χ1v) is 8.10. The Morgan fingerprint density at radius 3 is 2.11 bits per heavy atom. The van der Waals surface area contributed by atoms with Gasteiger partial charge in [-0.2, -0.15) is 0 Å². The Bertz CT molecular complexity index is 421. The molecule has 0 fully saturated rings. The number of sulfone groups is 1. The van der Waals surface area contributed by atoms with Gasteiger partial charge in [-0.05, 0) is 12.8 Å². The van der Waals surface area contributed by atoms with Crippen molar-refractivity contribution in [2.75, 3.05) is 12.0 Å². The van der Waals surface area contributed by atoms with Crippen molar-refractivity contribution in [2.24, 2.45) is 5.92 Å². The monoisotopic (exact) mass is 294 g/mol. The standard InChI is InChI=1S/C11H22N2O5S/c1-5-7(2)9(10(14)15)13-11(16)12-8(3)6-19(4,17)18/h7-9H,5-6H2,1-4H3,(H,14,15)(H2,12,13,16). The van der Waals surface area contributed by atoms with E-state index < -0.39 is 33.9 Å². The van der Waals surface area contributed by atoms with E-state index in [9.17, 15) is 18.0 Å². The van der Waals surface area contributed by atoms with Crippen LogP contribution in [-0.4, -0.2) is 49.6 Å². The zero-order valence-electron chi connectivity index (χ0n) is 11.6. The SMILES string of the molecule is CCC(C)C(NC(=O)NC(C)CS(C)(=O)=O)C(=O)O. The van der Waals surface area contributed by atoms with Crippen LogP contribution in [0.3, 0.4) is 0 Å². The van der Waals surface area contributed by atoms with E-state index in [-0.39, 0.29) is 11.7 Å². The minimum Gasteiger partial charge on any atom is -0.480 e. The first-order chi connectivity index (χ1) is 8.56. The fourth-order valence-corrected chi connectivity index (χ4v) is 2.58. The van der Waals surface area contributed by atoms with Gasteiger partial charge in [-0.15, -0.1) is 0 Å². The number of hydrogen-bond donors (Lipinski definition) is 3. The number of carbonyl (C=O) groups is 2. The van der Waals surface area contributed by atoms with Crippen LogP contribution in [-0.2, 0) is 14.6 Å². The normalized spacial score (nSPS) is 16.2. The van der Waals surface area contributed by atoms with Gasteiger partial charge in [0.2, 0.25) is 0 Å². The highest BCUT2D eigenvalue weighted by molar-refractivity contribution is 7.90. The van der Waals surface area contributed by atoms with Crippen LogP contribution in [0.1, 0.15) is 27.2 Å². The van der Waals surface area contributed by atoms with Gasteiger partial charge in [-0.25, -0.2) is 18.0 Å². The van der Waals surface area contributed by atoms with Crippen molar-refractivity contribution in [1.29, 1.82) is 0 Å². The van der Waals surface area contributed by atoms with E-state index in [1.54, 1.807) is 13.8 Å². The third kappa shape index (κ3) is 7.66. The number of aliphatic carboxylic acids is 1. The predicted molar refractivity (Wildman–Crippen MR) is 71.7 cm³/mol. The molecule has 3 atom stereocenters. The first kappa shape index (κ1) is 17.7. The molecule has 112 valence electrons. The topological polar surface area (TPSA) is 113 Å². The summed E-state index contributed by atoms with van der Waals surface area (Å²) in [4.78, 5) is 22.6. The summed E-state index contributed by atoms with van der Waals surface area (Å²) in [5, 5.41) is 13.8. The molecule has 0 rings (SSSR count). The molecule has 19 heavy (non-hydrogen) atoms. The predicted octanol–water partition coefficient (Wildman–Crippen LogP) is 0.218. The Labute approximate surface area is 113 Å². The molecule has 0 saturated carbocycles.